The molecular formula is C20H19N7. The summed E-state index contributed by atoms with van der Waals surface area (Å²) in [6, 6.07) is 10.4. The second-order valence-corrected chi connectivity index (χ2v) is 6.80. The van der Waals surface area contributed by atoms with Crippen LogP contribution in [-0.4, -0.2) is 25.8 Å². The number of aryl methyl sites for hydroxylation is 1. The zero-order chi connectivity index (χ0) is 18.4. The lowest BCUT2D eigenvalue weighted by atomic mass is 10.0. The second kappa shape index (κ2) is 6.05. The van der Waals surface area contributed by atoms with E-state index in [4.69, 9.17) is 0 Å². The summed E-state index contributed by atoms with van der Waals surface area (Å²) in [5.41, 5.74) is 4.24. The Bertz CT molecular complexity index is 1090. The van der Waals surface area contributed by atoms with Crippen LogP contribution in [0.15, 0.2) is 83.4 Å². The number of rotatable bonds is 3. The maximum Gasteiger partial charge on any atom is 0.136 e. The van der Waals surface area contributed by atoms with Crippen LogP contribution in [0.2, 0.25) is 0 Å². The number of nitrogens with zero attached hydrogens (tertiary/aromatic N) is 7. The van der Waals surface area contributed by atoms with Crippen LogP contribution in [-0.2, 0) is 7.05 Å². The van der Waals surface area contributed by atoms with Gasteiger partial charge in [0, 0.05) is 37.2 Å². The van der Waals surface area contributed by atoms with Crippen molar-refractivity contribution in [1.82, 2.24) is 19.8 Å². The number of aromatic nitrogens is 3. The van der Waals surface area contributed by atoms with Gasteiger partial charge in [-0.15, -0.1) is 0 Å². The highest BCUT2D eigenvalue weighted by atomic mass is 15.6. The van der Waals surface area contributed by atoms with E-state index in [-0.39, 0.29) is 12.1 Å². The van der Waals surface area contributed by atoms with Gasteiger partial charge in [0.25, 0.3) is 0 Å². The van der Waals surface area contributed by atoms with E-state index in [2.05, 4.69) is 68.8 Å². The third-order valence-electron chi connectivity index (χ3n) is 5.01. The minimum absolute atomic E-state index is 0.0394. The van der Waals surface area contributed by atoms with E-state index in [1.165, 1.54) is 5.56 Å². The molecule has 2 aliphatic heterocycles. The second-order valence-electron chi connectivity index (χ2n) is 6.80. The van der Waals surface area contributed by atoms with E-state index in [1.54, 1.807) is 4.68 Å². The Morgan fingerprint density at radius 1 is 1.19 bits per heavy atom. The summed E-state index contributed by atoms with van der Waals surface area (Å²) in [5, 5.41) is 16.2. The van der Waals surface area contributed by atoms with E-state index < -0.39 is 0 Å². The fraction of sp³-hybridized carbons (Fsp3) is 0.200. The molecule has 134 valence electrons. The van der Waals surface area contributed by atoms with Crippen LogP contribution in [0.1, 0.15) is 18.5 Å². The van der Waals surface area contributed by atoms with Gasteiger partial charge in [-0.3, -0.25) is 9.67 Å². The van der Waals surface area contributed by atoms with Crippen molar-refractivity contribution in [2.45, 2.75) is 19.0 Å². The summed E-state index contributed by atoms with van der Waals surface area (Å²) in [4.78, 5) is 6.45. The Balaban J connectivity index is 1.47. The SMILES string of the molecule is C[C@H](c1ccc2ncccc2c1)N1N=NC2C=CN(c3cnn(C)c3)C=C21. The first-order chi connectivity index (χ1) is 13.2. The summed E-state index contributed by atoms with van der Waals surface area (Å²) in [5.74, 6) is 0. The van der Waals surface area contributed by atoms with E-state index in [9.17, 15) is 0 Å². The molecule has 0 bridgehead atoms. The van der Waals surface area contributed by atoms with Crippen molar-refractivity contribution < 1.29 is 0 Å². The van der Waals surface area contributed by atoms with Gasteiger partial charge < -0.3 is 4.90 Å². The Kier molecular flexibility index (Phi) is 3.53. The van der Waals surface area contributed by atoms with Crippen molar-refractivity contribution in [2.75, 3.05) is 4.90 Å². The number of hydrogen-bond donors (Lipinski definition) is 0. The summed E-state index contributed by atoms with van der Waals surface area (Å²) in [6.45, 7) is 2.15. The Labute approximate surface area is 156 Å². The van der Waals surface area contributed by atoms with Gasteiger partial charge in [-0.25, -0.2) is 5.01 Å². The van der Waals surface area contributed by atoms with Crippen LogP contribution in [0.3, 0.4) is 0 Å². The lowest BCUT2D eigenvalue weighted by molar-refractivity contribution is 0.290. The van der Waals surface area contributed by atoms with E-state index in [0.717, 1.165) is 22.3 Å². The normalized spacial score (nSPS) is 19.5. The van der Waals surface area contributed by atoms with E-state index >= 15 is 0 Å². The molecule has 7 nitrogen and oxygen atoms in total. The first kappa shape index (κ1) is 15.7. The highest BCUT2D eigenvalue weighted by molar-refractivity contribution is 5.79. The molecule has 2 aliphatic rings. The van der Waals surface area contributed by atoms with Crippen molar-refractivity contribution >= 4 is 16.6 Å². The molecule has 4 heterocycles. The zero-order valence-corrected chi connectivity index (χ0v) is 15.1. The summed E-state index contributed by atoms with van der Waals surface area (Å²) < 4.78 is 1.79. The molecule has 0 fully saturated rings. The monoisotopic (exact) mass is 357 g/mol. The number of pyridine rings is 1. The fourth-order valence-electron chi connectivity index (χ4n) is 3.49. The van der Waals surface area contributed by atoms with Crippen LogP contribution in [0.5, 0.6) is 0 Å². The average molecular weight is 357 g/mol. The fourth-order valence-corrected chi connectivity index (χ4v) is 3.49. The van der Waals surface area contributed by atoms with Gasteiger partial charge in [-0.2, -0.15) is 10.2 Å². The molecule has 0 amide bonds. The zero-order valence-electron chi connectivity index (χ0n) is 15.1. The standard InChI is InChI=1S/C20H19N7/c1-14(15-5-6-18-16(10-15)4-3-8-21-18)27-20-13-26(9-7-19(20)23-24-27)17-11-22-25(2)12-17/h3-14,19H,1-2H3/t14-,19?/m1/s1. The van der Waals surface area contributed by atoms with Gasteiger partial charge in [0.05, 0.1) is 29.1 Å². The first-order valence-electron chi connectivity index (χ1n) is 8.91. The molecular weight excluding hydrogens is 338 g/mol. The van der Waals surface area contributed by atoms with Gasteiger partial charge in [0.2, 0.25) is 0 Å². The third kappa shape index (κ3) is 2.68. The van der Waals surface area contributed by atoms with Gasteiger partial charge in [-0.1, -0.05) is 17.4 Å². The molecule has 0 N–H and O–H groups in total. The average Bonchev–Trinajstić information content (AvgIpc) is 3.32. The molecule has 2 aromatic heterocycles. The van der Waals surface area contributed by atoms with Crippen molar-refractivity contribution in [2.24, 2.45) is 17.4 Å². The van der Waals surface area contributed by atoms with E-state index in [0.29, 0.717) is 0 Å². The molecule has 0 aliphatic carbocycles. The Hall–Kier alpha value is -3.48. The molecule has 5 rings (SSSR count). The highest BCUT2D eigenvalue weighted by Gasteiger charge is 2.31. The van der Waals surface area contributed by atoms with Crippen LogP contribution in [0, 0.1) is 0 Å². The largest absolute Gasteiger partial charge is 0.319 e. The molecule has 3 aromatic rings. The van der Waals surface area contributed by atoms with Gasteiger partial charge >= 0.3 is 0 Å². The van der Waals surface area contributed by atoms with Crippen LogP contribution >= 0.6 is 0 Å². The highest BCUT2D eigenvalue weighted by Crippen LogP contribution is 2.36. The minimum atomic E-state index is -0.0394. The molecule has 27 heavy (non-hydrogen) atoms. The predicted octanol–water partition coefficient (Wildman–Crippen LogP) is 3.96. The predicted molar refractivity (Wildman–Crippen MR) is 104 cm³/mol. The van der Waals surface area contributed by atoms with Crippen LogP contribution in [0.4, 0.5) is 5.69 Å². The third-order valence-corrected chi connectivity index (χ3v) is 5.01. The lowest BCUT2D eigenvalue weighted by Gasteiger charge is -2.28. The maximum absolute atomic E-state index is 4.45. The van der Waals surface area contributed by atoms with Gasteiger partial charge in [-0.05, 0) is 36.8 Å². The van der Waals surface area contributed by atoms with Crippen molar-refractivity contribution in [3.63, 3.8) is 0 Å². The summed E-state index contributed by atoms with van der Waals surface area (Å²) in [7, 11) is 1.91. The number of benzene rings is 1. The quantitative estimate of drug-likeness (QED) is 0.712. The molecule has 7 heteroatoms. The number of hydrogen-bond acceptors (Lipinski definition) is 6. The molecule has 0 spiro atoms. The molecule has 2 atom stereocenters. The van der Waals surface area contributed by atoms with Gasteiger partial charge in [0.1, 0.15) is 6.04 Å². The van der Waals surface area contributed by atoms with Gasteiger partial charge in [0.15, 0.2) is 0 Å². The lowest BCUT2D eigenvalue weighted by Crippen LogP contribution is -2.26. The molecule has 1 aromatic carbocycles. The van der Waals surface area contributed by atoms with E-state index in [1.807, 2.05) is 42.9 Å². The number of anilines is 1. The molecule has 0 radical (unpaired) electrons. The summed E-state index contributed by atoms with van der Waals surface area (Å²) >= 11 is 0. The van der Waals surface area contributed by atoms with Crippen molar-refractivity contribution in [3.8, 4) is 0 Å². The van der Waals surface area contributed by atoms with Crippen LogP contribution < -0.4 is 4.90 Å². The number of fused-ring (bicyclic) bond motifs is 2. The topological polar surface area (TPSA) is 61.9 Å². The minimum Gasteiger partial charge on any atom is -0.319 e. The summed E-state index contributed by atoms with van der Waals surface area (Å²) in [6.07, 6.45) is 11.8. The Morgan fingerprint density at radius 2 is 2.11 bits per heavy atom. The van der Waals surface area contributed by atoms with Crippen molar-refractivity contribution in [1.29, 1.82) is 0 Å². The molecule has 1 unspecified atom stereocenters. The molecule has 0 saturated carbocycles. The maximum atomic E-state index is 4.45. The molecule has 0 saturated heterocycles. The van der Waals surface area contributed by atoms with Crippen molar-refractivity contribution in [3.05, 3.63) is 78.7 Å². The Morgan fingerprint density at radius 3 is 2.96 bits per heavy atom. The smallest absolute Gasteiger partial charge is 0.136 e. The first-order valence-corrected chi connectivity index (χ1v) is 8.91. The van der Waals surface area contributed by atoms with Crippen LogP contribution in [0.25, 0.3) is 10.9 Å².